The minimum atomic E-state index is -4.04. The SMILES string of the molecule is COCC#CCOc1ccc(S(=O)(=O)N2CC(C)OC(C)(C)C2C(=O)O)cc1. The molecule has 0 bridgehead atoms. The van der Waals surface area contributed by atoms with Crippen molar-refractivity contribution in [1.82, 2.24) is 4.31 Å². The topological polar surface area (TPSA) is 102 Å². The number of rotatable bonds is 6. The van der Waals surface area contributed by atoms with E-state index in [9.17, 15) is 18.3 Å². The van der Waals surface area contributed by atoms with Gasteiger partial charge in [0.25, 0.3) is 0 Å². The highest BCUT2D eigenvalue weighted by Crippen LogP contribution is 2.33. The molecule has 1 aromatic rings. The number of hydrogen-bond acceptors (Lipinski definition) is 6. The Morgan fingerprint density at radius 3 is 2.46 bits per heavy atom. The summed E-state index contributed by atoms with van der Waals surface area (Å²) in [5.74, 6) is 4.70. The monoisotopic (exact) mass is 411 g/mol. The Labute approximate surface area is 165 Å². The highest BCUT2D eigenvalue weighted by molar-refractivity contribution is 7.89. The van der Waals surface area contributed by atoms with Gasteiger partial charge in [-0.2, -0.15) is 4.31 Å². The highest BCUT2D eigenvalue weighted by Gasteiger charge is 2.50. The van der Waals surface area contributed by atoms with E-state index in [-0.39, 0.29) is 18.0 Å². The molecule has 28 heavy (non-hydrogen) atoms. The fourth-order valence-electron chi connectivity index (χ4n) is 3.12. The third kappa shape index (κ3) is 5.02. The molecule has 2 unspecified atom stereocenters. The van der Waals surface area contributed by atoms with Gasteiger partial charge in [0.05, 0.1) is 16.6 Å². The Bertz CT molecular complexity index is 853. The number of nitrogens with zero attached hydrogens (tertiary/aromatic N) is 1. The van der Waals surface area contributed by atoms with Crippen LogP contribution in [0.3, 0.4) is 0 Å². The summed E-state index contributed by atoms with van der Waals surface area (Å²) in [6.07, 6.45) is -0.436. The van der Waals surface area contributed by atoms with Crippen molar-refractivity contribution in [3.05, 3.63) is 24.3 Å². The van der Waals surface area contributed by atoms with Gasteiger partial charge in [0.2, 0.25) is 10.0 Å². The second kappa shape index (κ2) is 8.92. The van der Waals surface area contributed by atoms with Crippen molar-refractivity contribution in [2.45, 2.75) is 43.4 Å². The lowest BCUT2D eigenvalue weighted by Gasteiger charge is -2.45. The average Bonchev–Trinajstić information content (AvgIpc) is 2.60. The molecule has 1 aromatic carbocycles. The average molecular weight is 411 g/mol. The standard InChI is InChI=1S/C19H25NO7S/c1-14-13-20(17(18(21)22)19(2,3)27-14)28(23,24)16-9-7-15(8-10-16)26-12-6-5-11-25-4/h7-10,14,17H,11-13H2,1-4H3,(H,21,22). The van der Waals surface area contributed by atoms with Crippen LogP contribution in [0.4, 0.5) is 0 Å². The molecule has 0 radical (unpaired) electrons. The fraction of sp³-hybridized carbons (Fsp3) is 0.526. The van der Waals surface area contributed by atoms with Crippen molar-refractivity contribution < 1.29 is 32.5 Å². The summed E-state index contributed by atoms with van der Waals surface area (Å²) in [6, 6.07) is 4.46. The van der Waals surface area contributed by atoms with Crippen molar-refractivity contribution in [2.75, 3.05) is 26.9 Å². The van der Waals surface area contributed by atoms with Gasteiger partial charge in [-0.1, -0.05) is 11.8 Å². The maximum absolute atomic E-state index is 13.1. The summed E-state index contributed by atoms with van der Waals surface area (Å²) >= 11 is 0. The molecular weight excluding hydrogens is 386 g/mol. The number of hydrogen-bond donors (Lipinski definition) is 1. The Hall–Kier alpha value is -2.12. The van der Waals surface area contributed by atoms with Crippen molar-refractivity contribution in [3.8, 4) is 17.6 Å². The van der Waals surface area contributed by atoms with Crippen LogP contribution in [0.2, 0.25) is 0 Å². The lowest BCUT2D eigenvalue weighted by molar-refractivity contribution is -0.174. The minimum Gasteiger partial charge on any atom is -0.481 e. The van der Waals surface area contributed by atoms with Gasteiger partial charge in [0, 0.05) is 13.7 Å². The van der Waals surface area contributed by atoms with Gasteiger partial charge in [0.15, 0.2) is 6.04 Å². The molecule has 154 valence electrons. The van der Waals surface area contributed by atoms with Crippen LogP contribution in [0.1, 0.15) is 20.8 Å². The van der Waals surface area contributed by atoms with E-state index in [1.165, 1.54) is 24.3 Å². The third-order valence-electron chi connectivity index (χ3n) is 4.21. The number of morpholine rings is 1. The van der Waals surface area contributed by atoms with Crippen LogP contribution >= 0.6 is 0 Å². The number of carbonyl (C=O) groups is 1. The molecule has 1 aliphatic heterocycles. The zero-order valence-corrected chi connectivity index (χ0v) is 17.2. The second-order valence-corrected chi connectivity index (χ2v) is 8.78. The first-order valence-electron chi connectivity index (χ1n) is 8.69. The fourth-order valence-corrected chi connectivity index (χ4v) is 4.90. The smallest absolute Gasteiger partial charge is 0.325 e. The molecule has 0 spiro atoms. The largest absolute Gasteiger partial charge is 0.481 e. The predicted molar refractivity (Wildman–Crippen MR) is 102 cm³/mol. The molecule has 1 heterocycles. The van der Waals surface area contributed by atoms with Gasteiger partial charge < -0.3 is 19.3 Å². The Balaban J connectivity index is 2.23. The Morgan fingerprint density at radius 2 is 1.89 bits per heavy atom. The first-order valence-corrected chi connectivity index (χ1v) is 10.1. The molecule has 2 atom stereocenters. The van der Waals surface area contributed by atoms with Gasteiger partial charge in [-0.25, -0.2) is 8.42 Å². The van der Waals surface area contributed by atoms with Gasteiger partial charge in [-0.15, -0.1) is 0 Å². The molecule has 1 fully saturated rings. The van der Waals surface area contributed by atoms with Crippen molar-refractivity contribution in [3.63, 3.8) is 0 Å². The number of sulfonamides is 1. The Kier molecular flexibility index (Phi) is 7.06. The molecule has 1 saturated heterocycles. The number of ether oxygens (including phenoxy) is 3. The van der Waals surface area contributed by atoms with Crippen LogP contribution < -0.4 is 4.74 Å². The Morgan fingerprint density at radius 1 is 1.29 bits per heavy atom. The van der Waals surface area contributed by atoms with Crippen LogP contribution in [-0.4, -0.2) is 68.4 Å². The van der Waals surface area contributed by atoms with Gasteiger partial charge in [0.1, 0.15) is 19.0 Å². The van der Waals surface area contributed by atoms with Crippen molar-refractivity contribution in [2.24, 2.45) is 0 Å². The zero-order chi connectivity index (χ0) is 20.9. The van der Waals surface area contributed by atoms with Crippen LogP contribution in [0.5, 0.6) is 5.75 Å². The van der Waals surface area contributed by atoms with E-state index >= 15 is 0 Å². The van der Waals surface area contributed by atoms with Crippen LogP contribution in [-0.2, 0) is 24.3 Å². The summed E-state index contributed by atoms with van der Waals surface area (Å²) in [7, 11) is -2.50. The summed E-state index contributed by atoms with van der Waals surface area (Å²) < 4.78 is 43.1. The maximum Gasteiger partial charge on any atom is 0.325 e. The normalized spacial score (nSPS) is 22.1. The van der Waals surface area contributed by atoms with Crippen LogP contribution in [0.25, 0.3) is 0 Å². The van der Waals surface area contributed by atoms with Crippen molar-refractivity contribution in [1.29, 1.82) is 0 Å². The van der Waals surface area contributed by atoms with Gasteiger partial charge >= 0.3 is 5.97 Å². The van der Waals surface area contributed by atoms with E-state index in [1.54, 1.807) is 27.9 Å². The van der Waals surface area contributed by atoms with Gasteiger partial charge in [-0.3, -0.25) is 4.79 Å². The maximum atomic E-state index is 13.1. The van der Waals surface area contributed by atoms with E-state index < -0.39 is 33.7 Å². The molecule has 8 nitrogen and oxygen atoms in total. The highest BCUT2D eigenvalue weighted by atomic mass is 32.2. The molecule has 9 heteroatoms. The van der Waals surface area contributed by atoms with E-state index in [2.05, 4.69) is 11.8 Å². The van der Waals surface area contributed by atoms with E-state index in [1.807, 2.05) is 0 Å². The molecule has 0 amide bonds. The van der Waals surface area contributed by atoms with E-state index in [0.717, 1.165) is 4.31 Å². The van der Waals surface area contributed by atoms with E-state index in [4.69, 9.17) is 14.2 Å². The number of methoxy groups -OCH3 is 1. The molecule has 0 saturated carbocycles. The number of aliphatic carboxylic acids is 1. The zero-order valence-electron chi connectivity index (χ0n) is 16.3. The third-order valence-corrected chi connectivity index (χ3v) is 6.05. The number of carboxylic acid groups (broad SMARTS) is 1. The lowest BCUT2D eigenvalue weighted by atomic mass is 9.96. The second-order valence-electron chi connectivity index (χ2n) is 6.89. The number of benzene rings is 1. The summed E-state index contributed by atoms with van der Waals surface area (Å²) in [6.45, 7) is 5.27. The molecule has 0 aliphatic carbocycles. The first-order chi connectivity index (χ1) is 13.1. The van der Waals surface area contributed by atoms with Crippen LogP contribution in [0, 0.1) is 11.8 Å². The predicted octanol–water partition coefficient (Wildman–Crippen LogP) is 1.36. The molecule has 1 N–H and O–H groups in total. The first kappa shape index (κ1) is 22.2. The summed E-state index contributed by atoms with van der Waals surface area (Å²) in [4.78, 5) is 11.8. The number of carboxylic acids is 1. The summed E-state index contributed by atoms with van der Waals surface area (Å²) in [5.41, 5.74) is -1.17. The molecule has 1 aliphatic rings. The van der Waals surface area contributed by atoms with Crippen LogP contribution in [0.15, 0.2) is 29.2 Å². The lowest BCUT2D eigenvalue weighted by Crippen LogP contribution is -2.63. The summed E-state index contributed by atoms with van der Waals surface area (Å²) in [5, 5.41) is 9.62. The quantitative estimate of drug-likeness (QED) is 0.705. The minimum absolute atomic E-state index is 0.0125. The molecule has 2 rings (SSSR count). The molecular formula is C19H25NO7S. The van der Waals surface area contributed by atoms with Gasteiger partial charge in [-0.05, 0) is 45.0 Å². The van der Waals surface area contributed by atoms with Crippen molar-refractivity contribution >= 4 is 16.0 Å². The van der Waals surface area contributed by atoms with E-state index in [0.29, 0.717) is 12.4 Å². The molecule has 0 aromatic heterocycles.